The second-order valence-electron chi connectivity index (χ2n) is 4.95. The lowest BCUT2D eigenvalue weighted by Crippen LogP contribution is -2.35. The zero-order chi connectivity index (χ0) is 13.7. The molecule has 0 saturated carbocycles. The zero-order valence-corrected chi connectivity index (χ0v) is 11.9. The minimum absolute atomic E-state index is 0.0520. The van der Waals surface area contributed by atoms with Crippen molar-refractivity contribution in [1.82, 2.24) is 4.90 Å². The van der Waals surface area contributed by atoms with Gasteiger partial charge in [-0.25, -0.2) is 0 Å². The molecule has 0 aliphatic heterocycles. The SMILES string of the molecule is CC(C)C(N)CC(=O)N(C)Cc1ccccc1Cl. The van der Waals surface area contributed by atoms with Gasteiger partial charge < -0.3 is 10.6 Å². The van der Waals surface area contributed by atoms with Crippen molar-refractivity contribution in [3.05, 3.63) is 34.9 Å². The summed E-state index contributed by atoms with van der Waals surface area (Å²) in [6.07, 6.45) is 0.374. The molecular formula is C14H21ClN2O. The minimum Gasteiger partial charge on any atom is -0.341 e. The molecule has 0 bridgehead atoms. The van der Waals surface area contributed by atoms with Crippen LogP contribution in [0.3, 0.4) is 0 Å². The van der Waals surface area contributed by atoms with E-state index in [1.165, 1.54) is 0 Å². The van der Waals surface area contributed by atoms with Crippen LogP contribution in [0.1, 0.15) is 25.8 Å². The number of carbonyl (C=O) groups excluding carboxylic acids is 1. The van der Waals surface area contributed by atoms with Crippen molar-refractivity contribution in [1.29, 1.82) is 0 Å². The summed E-state index contributed by atoms with van der Waals surface area (Å²) in [6.45, 7) is 4.56. The number of nitrogens with two attached hydrogens (primary N) is 1. The van der Waals surface area contributed by atoms with Crippen LogP contribution in [-0.2, 0) is 11.3 Å². The molecule has 1 aromatic carbocycles. The van der Waals surface area contributed by atoms with E-state index in [2.05, 4.69) is 0 Å². The van der Waals surface area contributed by atoms with Crippen LogP contribution in [0.15, 0.2) is 24.3 Å². The third-order valence-electron chi connectivity index (χ3n) is 3.06. The van der Waals surface area contributed by atoms with Gasteiger partial charge in [-0.05, 0) is 17.5 Å². The van der Waals surface area contributed by atoms with Crippen LogP contribution >= 0.6 is 11.6 Å². The predicted molar refractivity (Wildman–Crippen MR) is 75.4 cm³/mol. The average molecular weight is 269 g/mol. The number of benzene rings is 1. The highest BCUT2D eigenvalue weighted by atomic mass is 35.5. The molecule has 100 valence electrons. The van der Waals surface area contributed by atoms with Crippen molar-refractivity contribution >= 4 is 17.5 Å². The number of carbonyl (C=O) groups is 1. The number of rotatable bonds is 5. The van der Waals surface area contributed by atoms with Crippen molar-refractivity contribution in [3.8, 4) is 0 Å². The van der Waals surface area contributed by atoms with E-state index in [0.717, 1.165) is 5.56 Å². The fourth-order valence-corrected chi connectivity index (χ4v) is 1.76. The highest BCUT2D eigenvalue weighted by molar-refractivity contribution is 6.31. The summed E-state index contributed by atoms with van der Waals surface area (Å²) in [7, 11) is 1.78. The van der Waals surface area contributed by atoms with E-state index in [1.54, 1.807) is 11.9 Å². The lowest BCUT2D eigenvalue weighted by atomic mass is 10.0. The Bertz CT molecular complexity index is 407. The van der Waals surface area contributed by atoms with Gasteiger partial charge in [0.25, 0.3) is 0 Å². The Balaban J connectivity index is 2.58. The zero-order valence-electron chi connectivity index (χ0n) is 11.2. The highest BCUT2D eigenvalue weighted by Gasteiger charge is 2.16. The van der Waals surface area contributed by atoms with E-state index in [4.69, 9.17) is 17.3 Å². The topological polar surface area (TPSA) is 46.3 Å². The molecule has 18 heavy (non-hydrogen) atoms. The van der Waals surface area contributed by atoms with Crippen molar-refractivity contribution in [3.63, 3.8) is 0 Å². The number of nitrogens with zero attached hydrogens (tertiary/aromatic N) is 1. The van der Waals surface area contributed by atoms with Crippen molar-refractivity contribution in [2.24, 2.45) is 11.7 Å². The maximum Gasteiger partial charge on any atom is 0.224 e. The van der Waals surface area contributed by atoms with Crippen LogP contribution in [0.5, 0.6) is 0 Å². The summed E-state index contributed by atoms with van der Waals surface area (Å²) in [4.78, 5) is 13.6. The first kappa shape index (κ1) is 15.0. The first-order valence-electron chi connectivity index (χ1n) is 6.14. The monoisotopic (exact) mass is 268 g/mol. The van der Waals surface area contributed by atoms with Gasteiger partial charge in [0.2, 0.25) is 5.91 Å². The predicted octanol–water partition coefficient (Wildman–Crippen LogP) is 2.67. The second kappa shape index (κ2) is 6.76. The number of hydrogen-bond acceptors (Lipinski definition) is 2. The second-order valence-corrected chi connectivity index (χ2v) is 5.36. The summed E-state index contributed by atoms with van der Waals surface area (Å²) < 4.78 is 0. The quantitative estimate of drug-likeness (QED) is 0.892. The lowest BCUT2D eigenvalue weighted by molar-refractivity contribution is -0.131. The van der Waals surface area contributed by atoms with Crippen LogP contribution in [-0.4, -0.2) is 23.9 Å². The van der Waals surface area contributed by atoms with Gasteiger partial charge in [-0.3, -0.25) is 4.79 Å². The lowest BCUT2D eigenvalue weighted by Gasteiger charge is -2.21. The van der Waals surface area contributed by atoms with Gasteiger partial charge in [0, 0.05) is 31.1 Å². The molecular weight excluding hydrogens is 248 g/mol. The molecule has 1 unspecified atom stereocenters. The van der Waals surface area contributed by atoms with Crippen LogP contribution in [0.4, 0.5) is 0 Å². The molecule has 0 aliphatic carbocycles. The maximum absolute atomic E-state index is 12.0. The molecule has 0 radical (unpaired) electrons. The summed E-state index contributed by atoms with van der Waals surface area (Å²) in [5, 5.41) is 0.685. The standard InChI is InChI=1S/C14H21ClN2O/c1-10(2)13(16)8-14(18)17(3)9-11-6-4-5-7-12(11)15/h4-7,10,13H,8-9,16H2,1-3H3. The third kappa shape index (κ3) is 4.31. The number of hydrogen-bond donors (Lipinski definition) is 1. The van der Waals surface area contributed by atoms with E-state index < -0.39 is 0 Å². The number of halogens is 1. The molecule has 0 heterocycles. The average Bonchev–Trinajstić information content (AvgIpc) is 2.31. The Kier molecular flexibility index (Phi) is 5.63. The molecule has 0 aromatic heterocycles. The molecule has 2 N–H and O–H groups in total. The molecule has 1 aromatic rings. The molecule has 3 nitrogen and oxygen atoms in total. The van der Waals surface area contributed by atoms with Crippen LogP contribution < -0.4 is 5.73 Å². The van der Waals surface area contributed by atoms with Gasteiger partial charge in [0.1, 0.15) is 0 Å². The Labute approximate surface area is 114 Å². The van der Waals surface area contributed by atoms with E-state index in [-0.39, 0.29) is 11.9 Å². The normalized spacial score (nSPS) is 12.6. The summed E-state index contributed by atoms with van der Waals surface area (Å²) in [5.41, 5.74) is 6.86. The molecule has 1 atom stereocenters. The van der Waals surface area contributed by atoms with Crippen molar-refractivity contribution in [2.75, 3.05) is 7.05 Å². The van der Waals surface area contributed by atoms with Crippen molar-refractivity contribution in [2.45, 2.75) is 32.9 Å². The molecule has 0 spiro atoms. The molecule has 0 aliphatic rings. The molecule has 4 heteroatoms. The smallest absolute Gasteiger partial charge is 0.224 e. The van der Waals surface area contributed by atoms with Gasteiger partial charge >= 0.3 is 0 Å². The van der Waals surface area contributed by atoms with Gasteiger partial charge in [0.15, 0.2) is 0 Å². The van der Waals surface area contributed by atoms with Crippen LogP contribution in [0.2, 0.25) is 5.02 Å². The number of amides is 1. The molecule has 0 saturated heterocycles. The van der Waals surface area contributed by atoms with Gasteiger partial charge in [-0.2, -0.15) is 0 Å². The Morgan fingerprint density at radius 2 is 2.00 bits per heavy atom. The fourth-order valence-electron chi connectivity index (χ4n) is 1.56. The van der Waals surface area contributed by atoms with Crippen LogP contribution in [0, 0.1) is 5.92 Å². The van der Waals surface area contributed by atoms with Gasteiger partial charge in [0.05, 0.1) is 0 Å². The van der Waals surface area contributed by atoms with E-state index >= 15 is 0 Å². The summed E-state index contributed by atoms with van der Waals surface area (Å²) in [6, 6.07) is 7.46. The largest absolute Gasteiger partial charge is 0.341 e. The Morgan fingerprint density at radius 1 is 1.39 bits per heavy atom. The van der Waals surface area contributed by atoms with E-state index in [1.807, 2.05) is 38.1 Å². The molecule has 1 rings (SSSR count). The first-order chi connectivity index (χ1) is 8.41. The maximum atomic E-state index is 12.0. The third-order valence-corrected chi connectivity index (χ3v) is 3.43. The Morgan fingerprint density at radius 3 is 2.56 bits per heavy atom. The first-order valence-corrected chi connectivity index (χ1v) is 6.52. The molecule has 0 fully saturated rings. The Hall–Kier alpha value is -1.06. The van der Waals surface area contributed by atoms with Crippen LogP contribution in [0.25, 0.3) is 0 Å². The van der Waals surface area contributed by atoms with Gasteiger partial charge in [-0.15, -0.1) is 0 Å². The minimum atomic E-state index is -0.0915. The van der Waals surface area contributed by atoms with Crippen molar-refractivity contribution < 1.29 is 4.79 Å². The van der Waals surface area contributed by atoms with E-state index in [9.17, 15) is 4.79 Å². The fraction of sp³-hybridized carbons (Fsp3) is 0.500. The summed E-state index contributed by atoms with van der Waals surface area (Å²) in [5.74, 6) is 0.360. The summed E-state index contributed by atoms with van der Waals surface area (Å²) >= 11 is 6.07. The molecule has 1 amide bonds. The highest BCUT2D eigenvalue weighted by Crippen LogP contribution is 2.17. The van der Waals surface area contributed by atoms with Gasteiger partial charge in [-0.1, -0.05) is 43.6 Å². The van der Waals surface area contributed by atoms with E-state index in [0.29, 0.717) is 23.9 Å².